The zero-order valence-electron chi connectivity index (χ0n) is 25.6. The number of carboxylic acids is 1. The molecule has 0 aromatic heterocycles. The third-order valence-corrected chi connectivity index (χ3v) is 7.84. The SMILES string of the molecule is COc1cccc(CNc2ccc(N3CCN(c4cccc(C(F)(F)F)c4)CC3)c(C(F)(F)F)c2)c1Oc1ccc([N+](=O)[O-])cc1C(=O)O. The molecule has 0 amide bonds. The fourth-order valence-corrected chi connectivity index (χ4v) is 5.41. The minimum absolute atomic E-state index is 0.0418. The molecule has 0 unspecified atom stereocenters. The number of halogens is 6. The molecule has 4 aromatic carbocycles. The van der Waals surface area contributed by atoms with E-state index in [1.54, 1.807) is 17.0 Å². The van der Waals surface area contributed by atoms with Crippen molar-refractivity contribution < 1.29 is 50.6 Å². The van der Waals surface area contributed by atoms with E-state index >= 15 is 0 Å². The van der Waals surface area contributed by atoms with E-state index in [9.17, 15) is 46.4 Å². The molecule has 49 heavy (non-hydrogen) atoms. The van der Waals surface area contributed by atoms with Crippen LogP contribution in [0.4, 0.5) is 49.1 Å². The van der Waals surface area contributed by atoms with Crippen LogP contribution in [0.25, 0.3) is 0 Å². The van der Waals surface area contributed by atoms with Gasteiger partial charge in [0.05, 0.1) is 23.2 Å². The number of rotatable bonds is 10. The number of hydrogen-bond acceptors (Lipinski definition) is 8. The number of aromatic carboxylic acids is 1. The highest BCUT2D eigenvalue weighted by molar-refractivity contribution is 5.92. The quantitative estimate of drug-likeness (QED) is 0.0968. The van der Waals surface area contributed by atoms with E-state index in [-0.39, 0.29) is 61.3 Å². The van der Waals surface area contributed by atoms with Gasteiger partial charge in [-0.1, -0.05) is 18.2 Å². The van der Waals surface area contributed by atoms with Gasteiger partial charge in [-0.3, -0.25) is 10.1 Å². The molecule has 4 aromatic rings. The number of anilines is 3. The molecule has 2 N–H and O–H groups in total. The summed E-state index contributed by atoms with van der Waals surface area (Å²) in [4.78, 5) is 25.5. The van der Waals surface area contributed by atoms with E-state index < -0.39 is 45.6 Å². The second-order valence-electron chi connectivity index (χ2n) is 10.9. The molecular formula is C33H28F6N4O6. The molecule has 16 heteroatoms. The van der Waals surface area contributed by atoms with Crippen molar-refractivity contribution in [3.05, 3.63) is 111 Å². The van der Waals surface area contributed by atoms with E-state index in [0.717, 1.165) is 36.4 Å². The number of para-hydroxylation sites is 1. The molecule has 1 aliphatic heterocycles. The zero-order valence-corrected chi connectivity index (χ0v) is 25.6. The second kappa shape index (κ2) is 13.8. The van der Waals surface area contributed by atoms with Crippen LogP contribution in [0.15, 0.2) is 78.9 Å². The van der Waals surface area contributed by atoms with Gasteiger partial charge >= 0.3 is 18.3 Å². The van der Waals surface area contributed by atoms with Gasteiger partial charge in [-0.15, -0.1) is 0 Å². The van der Waals surface area contributed by atoms with Crippen LogP contribution in [0.3, 0.4) is 0 Å². The molecular weight excluding hydrogens is 662 g/mol. The van der Waals surface area contributed by atoms with Crippen LogP contribution in [0, 0.1) is 10.1 Å². The Hall–Kier alpha value is -5.67. The largest absolute Gasteiger partial charge is 0.493 e. The van der Waals surface area contributed by atoms with Gasteiger partial charge in [0, 0.05) is 67.5 Å². The summed E-state index contributed by atoms with van der Waals surface area (Å²) in [5.74, 6) is -1.49. The number of nitrogens with zero attached hydrogens (tertiary/aromatic N) is 3. The number of alkyl halides is 6. The second-order valence-corrected chi connectivity index (χ2v) is 10.9. The summed E-state index contributed by atoms with van der Waals surface area (Å²) in [5.41, 5.74) is -1.94. The maximum Gasteiger partial charge on any atom is 0.418 e. The number of piperazine rings is 1. The average Bonchev–Trinajstić information content (AvgIpc) is 3.07. The normalized spacial score (nSPS) is 13.6. The molecule has 0 atom stereocenters. The van der Waals surface area contributed by atoms with Crippen molar-refractivity contribution in [2.24, 2.45) is 0 Å². The van der Waals surface area contributed by atoms with Gasteiger partial charge < -0.3 is 29.7 Å². The van der Waals surface area contributed by atoms with Crippen molar-refractivity contribution in [3.63, 3.8) is 0 Å². The van der Waals surface area contributed by atoms with E-state index in [0.29, 0.717) is 11.3 Å². The van der Waals surface area contributed by atoms with Crippen LogP contribution in [0.5, 0.6) is 17.2 Å². The van der Waals surface area contributed by atoms with E-state index in [4.69, 9.17) is 9.47 Å². The molecule has 0 spiro atoms. The van der Waals surface area contributed by atoms with Crippen LogP contribution >= 0.6 is 0 Å². The number of nitro benzene ring substituents is 1. The van der Waals surface area contributed by atoms with Gasteiger partial charge in [-0.25, -0.2) is 4.79 Å². The van der Waals surface area contributed by atoms with E-state index in [2.05, 4.69) is 5.32 Å². The smallest absolute Gasteiger partial charge is 0.418 e. The molecule has 0 bridgehead atoms. The van der Waals surface area contributed by atoms with Crippen LogP contribution in [-0.4, -0.2) is 49.3 Å². The third-order valence-electron chi connectivity index (χ3n) is 7.84. The summed E-state index contributed by atoms with van der Waals surface area (Å²) >= 11 is 0. The number of non-ortho nitro benzene ring substituents is 1. The first kappa shape index (κ1) is 34.7. The lowest BCUT2D eigenvalue weighted by Crippen LogP contribution is -2.47. The number of hydrogen-bond donors (Lipinski definition) is 2. The molecule has 1 fully saturated rings. The first-order valence-corrected chi connectivity index (χ1v) is 14.6. The Morgan fingerprint density at radius 2 is 1.57 bits per heavy atom. The number of nitro groups is 1. The Labute approximate surface area is 275 Å². The summed E-state index contributed by atoms with van der Waals surface area (Å²) in [5, 5.41) is 23.7. The number of carbonyl (C=O) groups is 1. The van der Waals surface area contributed by atoms with Gasteiger partial charge in [-0.05, 0) is 48.5 Å². The highest BCUT2D eigenvalue weighted by Gasteiger charge is 2.36. The molecule has 5 rings (SSSR count). The maximum absolute atomic E-state index is 14.3. The van der Waals surface area contributed by atoms with Crippen molar-refractivity contribution in [3.8, 4) is 17.2 Å². The summed E-state index contributed by atoms with van der Waals surface area (Å²) in [7, 11) is 1.33. The molecule has 0 aliphatic carbocycles. The number of nitrogens with one attached hydrogen (secondary N) is 1. The lowest BCUT2D eigenvalue weighted by atomic mass is 10.1. The zero-order chi connectivity index (χ0) is 35.5. The monoisotopic (exact) mass is 690 g/mol. The Morgan fingerprint density at radius 3 is 2.20 bits per heavy atom. The van der Waals surface area contributed by atoms with E-state index in [1.165, 1.54) is 42.3 Å². The third kappa shape index (κ3) is 7.90. The Bertz CT molecular complexity index is 1860. The molecule has 0 radical (unpaired) electrons. The first-order valence-electron chi connectivity index (χ1n) is 14.6. The van der Waals surface area contributed by atoms with Crippen molar-refractivity contribution >= 4 is 28.7 Å². The molecule has 1 aliphatic rings. The Morgan fingerprint density at radius 1 is 0.878 bits per heavy atom. The minimum Gasteiger partial charge on any atom is -0.493 e. The van der Waals surface area contributed by atoms with Gasteiger partial charge in [0.2, 0.25) is 0 Å². The van der Waals surface area contributed by atoms with Crippen molar-refractivity contribution in [2.45, 2.75) is 18.9 Å². The summed E-state index contributed by atoms with van der Waals surface area (Å²) in [6.45, 7) is 0.592. The molecule has 1 heterocycles. The standard InChI is InChI=1S/C33H28F6N4O6/c1-48-29-7-2-4-20(30(29)49-28-11-9-24(43(46)47)18-25(28)31(44)45)19-40-22-8-10-27(26(17-22)33(37,38)39)42-14-12-41(13-15-42)23-6-3-5-21(16-23)32(34,35)36/h2-11,16-18,40H,12-15,19H2,1H3,(H,44,45). The predicted octanol–water partition coefficient (Wildman–Crippen LogP) is 8.07. The number of ether oxygens (including phenoxy) is 2. The number of carboxylic acid groups (broad SMARTS) is 1. The summed E-state index contributed by atoms with van der Waals surface area (Å²) in [6, 6.07) is 16.3. The van der Waals surface area contributed by atoms with Crippen molar-refractivity contribution in [1.29, 1.82) is 0 Å². The van der Waals surface area contributed by atoms with Crippen molar-refractivity contribution in [2.75, 3.05) is 48.4 Å². The summed E-state index contributed by atoms with van der Waals surface area (Å²) in [6.07, 6.45) is -9.26. The first-order chi connectivity index (χ1) is 23.2. The van der Waals surface area contributed by atoms with E-state index in [1.807, 2.05) is 0 Å². The molecule has 1 saturated heterocycles. The number of methoxy groups -OCH3 is 1. The fourth-order valence-electron chi connectivity index (χ4n) is 5.41. The number of benzene rings is 4. The lowest BCUT2D eigenvalue weighted by molar-refractivity contribution is -0.384. The summed E-state index contributed by atoms with van der Waals surface area (Å²) < 4.78 is 93.8. The Kier molecular flexibility index (Phi) is 9.78. The van der Waals surface area contributed by atoms with Gasteiger partial charge in [0.25, 0.3) is 5.69 Å². The van der Waals surface area contributed by atoms with Gasteiger partial charge in [0.1, 0.15) is 11.3 Å². The molecule has 0 saturated carbocycles. The van der Waals surface area contributed by atoms with Gasteiger partial charge in [-0.2, -0.15) is 26.3 Å². The predicted molar refractivity (Wildman–Crippen MR) is 168 cm³/mol. The van der Waals surface area contributed by atoms with Crippen molar-refractivity contribution in [1.82, 2.24) is 0 Å². The average molecular weight is 691 g/mol. The van der Waals surface area contributed by atoms with Gasteiger partial charge in [0.15, 0.2) is 11.5 Å². The minimum atomic E-state index is -4.74. The van der Waals surface area contributed by atoms with Crippen LogP contribution in [-0.2, 0) is 18.9 Å². The molecule has 258 valence electrons. The Balaban J connectivity index is 1.35. The maximum atomic E-state index is 14.3. The lowest BCUT2D eigenvalue weighted by Gasteiger charge is -2.38. The topological polar surface area (TPSA) is 117 Å². The van der Waals surface area contributed by atoms with Crippen LogP contribution in [0.1, 0.15) is 27.0 Å². The van der Waals surface area contributed by atoms with Crippen LogP contribution < -0.4 is 24.6 Å². The molecule has 10 nitrogen and oxygen atoms in total. The fraction of sp³-hybridized carbons (Fsp3) is 0.242. The van der Waals surface area contributed by atoms with Crippen LogP contribution in [0.2, 0.25) is 0 Å². The highest BCUT2D eigenvalue weighted by atomic mass is 19.4. The highest BCUT2D eigenvalue weighted by Crippen LogP contribution is 2.41.